The van der Waals surface area contributed by atoms with Crippen LogP contribution in [0.2, 0.25) is 10.0 Å². The first kappa shape index (κ1) is 25.8. The van der Waals surface area contributed by atoms with Crippen LogP contribution in [0, 0.1) is 0 Å². The number of carbonyl (C=O) groups excluding carboxylic acids is 1. The van der Waals surface area contributed by atoms with Crippen molar-refractivity contribution in [3.8, 4) is 5.75 Å². The zero-order valence-corrected chi connectivity index (χ0v) is 22.5. The lowest BCUT2D eigenvalue weighted by Gasteiger charge is -2.36. The molecule has 8 nitrogen and oxygen atoms in total. The normalized spacial score (nSPS) is 16.2. The molecule has 11 heteroatoms. The molecule has 1 saturated heterocycles. The van der Waals surface area contributed by atoms with Gasteiger partial charge in [-0.15, -0.1) is 0 Å². The maximum absolute atomic E-state index is 13.2. The van der Waals surface area contributed by atoms with Gasteiger partial charge in [-0.25, -0.2) is 8.42 Å². The van der Waals surface area contributed by atoms with Gasteiger partial charge >= 0.3 is 0 Å². The van der Waals surface area contributed by atoms with Crippen molar-refractivity contribution in [3.05, 3.63) is 64.6 Å². The van der Waals surface area contributed by atoms with E-state index in [0.717, 1.165) is 16.4 Å². The topological polar surface area (TPSA) is 92.1 Å². The number of ether oxygens (including phenoxy) is 1. The fourth-order valence-corrected chi connectivity index (χ4v) is 6.73. The summed E-state index contributed by atoms with van der Waals surface area (Å²) in [7, 11) is -2.26. The van der Waals surface area contributed by atoms with Crippen LogP contribution in [-0.2, 0) is 14.8 Å². The number of piperazine rings is 1. The molecule has 4 aromatic rings. The molecule has 1 aromatic heterocycles. The molecule has 37 heavy (non-hydrogen) atoms. The minimum Gasteiger partial charge on any atom is -0.495 e. The number of nitrogens with one attached hydrogen (secondary N) is 1. The Bertz CT molecular complexity index is 1600. The zero-order valence-electron chi connectivity index (χ0n) is 20.2. The van der Waals surface area contributed by atoms with E-state index in [-0.39, 0.29) is 28.9 Å². The van der Waals surface area contributed by atoms with Crippen molar-refractivity contribution in [2.24, 2.45) is 0 Å². The number of amides is 1. The lowest BCUT2D eigenvalue weighted by Crippen LogP contribution is -2.53. The van der Waals surface area contributed by atoms with Gasteiger partial charge in [-0.3, -0.25) is 9.69 Å². The SMILES string of the molecule is COc1cc2c(cc1NC(=O)C(C)N1CCN(S(=O)(=O)c3cc(Cl)ccc3Cl)CC1)oc1ccccc12. The molecule has 1 amide bonds. The van der Waals surface area contributed by atoms with Crippen molar-refractivity contribution >= 4 is 66.8 Å². The number of hydrogen-bond donors (Lipinski definition) is 1. The average Bonchev–Trinajstić information content (AvgIpc) is 3.26. The van der Waals surface area contributed by atoms with Gasteiger partial charge in [0.1, 0.15) is 21.8 Å². The highest BCUT2D eigenvalue weighted by Gasteiger charge is 2.33. The number of halogens is 2. The summed E-state index contributed by atoms with van der Waals surface area (Å²) in [6, 6.07) is 15.2. The third kappa shape index (κ3) is 4.89. The fourth-order valence-electron chi connectivity index (χ4n) is 4.57. The van der Waals surface area contributed by atoms with E-state index < -0.39 is 16.1 Å². The average molecular weight is 562 g/mol. The van der Waals surface area contributed by atoms with Crippen LogP contribution in [0.15, 0.2) is 63.9 Å². The van der Waals surface area contributed by atoms with E-state index in [1.54, 1.807) is 26.2 Å². The second-order valence-corrected chi connectivity index (χ2v) is 11.6. The van der Waals surface area contributed by atoms with Gasteiger partial charge in [0.05, 0.1) is 23.9 Å². The first-order valence-corrected chi connectivity index (χ1v) is 13.9. The molecule has 1 unspecified atom stereocenters. The maximum atomic E-state index is 13.2. The Kier molecular flexibility index (Phi) is 7.08. The molecule has 1 aliphatic rings. The molecule has 0 spiro atoms. The highest BCUT2D eigenvalue weighted by Crippen LogP contribution is 2.36. The summed E-state index contributed by atoms with van der Waals surface area (Å²) in [6.07, 6.45) is 0. The van der Waals surface area contributed by atoms with E-state index >= 15 is 0 Å². The molecule has 0 bridgehead atoms. The summed E-state index contributed by atoms with van der Waals surface area (Å²) in [6.45, 7) is 2.99. The summed E-state index contributed by atoms with van der Waals surface area (Å²) in [4.78, 5) is 15.1. The number of rotatable bonds is 6. The van der Waals surface area contributed by atoms with Crippen LogP contribution >= 0.6 is 23.2 Å². The standard InChI is InChI=1S/C26H25Cl2N3O5S/c1-16(30-9-11-31(12-10-30)37(33,34)25-13-17(27)7-8-20(25)28)26(32)29-21-15-23-19(14-24(21)35-2)18-5-3-4-6-22(18)36-23/h3-8,13-16H,9-12H2,1-2H3,(H,29,32). The zero-order chi connectivity index (χ0) is 26.3. The van der Waals surface area contributed by atoms with Crippen molar-refractivity contribution in [2.75, 3.05) is 38.6 Å². The molecule has 5 rings (SSSR count). The Labute approximate surface area is 224 Å². The first-order chi connectivity index (χ1) is 17.7. The highest BCUT2D eigenvalue weighted by atomic mass is 35.5. The summed E-state index contributed by atoms with van der Waals surface area (Å²) in [5.74, 6) is 0.289. The molecule has 1 atom stereocenters. The van der Waals surface area contributed by atoms with Crippen LogP contribution in [0.5, 0.6) is 5.75 Å². The largest absolute Gasteiger partial charge is 0.495 e. The number of methoxy groups -OCH3 is 1. The monoisotopic (exact) mass is 561 g/mol. The van der Waals surface area contributed by atoms with Crippen LogP contribution in [0.3, 0.4) is 0 Å². The molecule has 1 fully saturated rings. The highest BCUT2D eigenvalue weighted by molar-refractivity contribution is 7.89. The Hall–Kier alpha value is -2.82. The van der Waals surface area contributed by atoms with Crippen LogP contribution in [0.25, 0.3) is 21.9 Å². The number of para-hydroxylation sites is 1. The fraction of sp³-hybridized carbons (Fsp3) is 0.269. The predicted molar refractivity (Wildman–Crippen MR) is 145 cm³/mol. The van der Waals surface area contributed by atoms with Crippen molar-refractivity contribution in [2.45, 2.75) is 17.9 Å². The van der Waals surface area contributed by atoms with E-state index in [1.807, 2.05) is 35.2 Å². The number of fused-ring (bicyclic) bond motifs is 3. The van der Waals surface area contributed by atoms with E-state index in [1.165, 1.54) is 16.4 Å². The lowest BCUT2D eigenvalue weighted by molar-refractivity contribution is -0.121. The molecule has 1 aliphatic heterocycles. The number of hydrogen-bond acceptors (Lipinski definition) is 6. The van der Waals surface area contributed by atoms with E-state index in [2.05, 4.69) is 5.32 Å². The number of carbonyl (C=O) groups is 1. The number of sulfonamides is 1. The van der Waals surface area contributed by atoms with Gasteiger partial charge in [0, 0.05) is 48.0 Å². The van der Waals surface area contributed by atoms with Gasteiger partial charge in [-0.2, -0.15) is 4.31 Å². The van der Waals surface area contributed by atoms with Crippen LogP contribution < -0.4 is 10.1 Å². The molecule has 3 aromatic carbocycles. The summed E-state index contributed by atoms with van der Waals surface area (Å²) in [5, 5.41) is 5.23. The summed E-state index contributed by atoms with van der Waals surface area (Å²) in [5.41, 5.74) is 1.90. The Morgan fingerprint density at radius 2 is 1.73 bits per heavy atom. The van der Waals surface area contributed by atoms with Gasteiger partial charge in [0.15, 0.2) is 0 Å². The van der Waals surface area contributed by atoms with Crippen LogP contribution in [0.1, 0.15) is 6.92 Å². The molecule has 0 saturated carbocycles. The first-order valence-electron chi connectivity index (χ1n) is 11.7. The van der Waals surface area contributed by atoms with E-state index in [9.17, 15) is 13.2 Å². The molecule has 194 valence electrons. The maximum Gasteiger partial charge on any atom is 0.244 e. The minimum absolute atomic E-state index is 0.0195. The molecule has 0 radical (unpaired) electrons. The third-order valence-electron chi connectivity index (χ3n) is 6.67. The molecule has 1 N–H and O–H groups in total. The van der Waals surface area contributed by atoms with Gasteiger partial charge in [-0.1, -0.05) is 41.4 Å². The lowest BCUT2D eigenvalue weighted by atomic mass is 10.1. The van der Waals surface area contributed by atoms with Gasteiger partial charge < -0.3 is 14.5 Å². The number of benzene rings is 3. The van der Waals surface area contributed by atoms with Crippen molar-refractivity contribution in [1.29, 1.82) is 0 Å². The van der Waals surface area contributed by atoms with Crippen molar-refractivity contribution in [3.63, 3.8) is 0 Å². The predicted octanol–water partition coefficient (Wildman–Crippen LogP) is 5.23. The molecule has 0 aliphatic carbocycles. The number of furan rings is 1. The Morgan fingerprint density at radius 1 is 1.00 bits per heavy atom. The molecular formula is C26H25Cl2N3O5S. The second kappa shape index (κ2) is 10.2. The number of nitrogens with zero attached hydrogens (tertiary/aromatic N) is 2. The molecular weight excluding hydrogens is 537 g/mol. The third-order valence-corrected chi connectivity index (χ3v) is 9.28. The van der Waals surface area contributed by atoms with Crippen molar-refractivity contribution in [1.82, 2.24) is 9.21 Å². The van der Waals surface area contributed by atoms with E-state index in [0.29, 0.717) is 35.1 Å². The van der Waals surface area contributed by atoms with Crippen molar-refractivity contribution < 1.29 is 22.4 Å². The molecule has 2 heterocycles. The number of anilines is 1. The van der Waals surface area contributed by atoms with Gasteiger partial charge in [-0.05, 0) is 37.3 Å². The van der Waals surface area contributed by atoms with Crippen LogP contribution in [0.4, 0.5) is 5.69 Å². The smallest absolute Gasteiger partial charge is 0.244 e. The van der Waals surface area contributed by atoms with Gasteiger partial charge in [0.25, 0.3) is 0 Å². The quantitative estimate of drug-likeness (QED) is 0.346. The summed E-state index contributed by atoms with van der Waals surface area (Å²) < 4.78 is 39.1. The van der Waals surface area contributed by atoms with Gasteiger partial charge in [0.2, 0.25) is 15.9 Å². The van der Waals surface area contributed by atoms with Crippen LogP contribution in [-0.4, -0.2) is 62.9 Å². The van der Waals surface area contributed by atoms with E-state index in [4.69, 9.17) is 32.4 Å². The Balaban J connectivity index is 1.29. The second-order valence-electron chi connectivity index (χ2n) is 8.83. The summed E-state index contributed by atoms with van der Waals surface area (Å²) >= 11 is 12.1. The Morgan fingerprint density at radius 3 is 2.46 bits per heavy atom. The minimum atomic E-state index is -3.81.